The number of hydrogen-bond donors (Lipinski definition) is 1. The lowest BCUT2D eigenvalue weighted by Gasteiger charge is -2.47. The summed E-state index contributed by atoms with van der Waals surface area (Å²) in [5.74, 6) is 1.69. The summed E-state index contributed by atoms with van der Waals surface area (Å²) in [5, 5.41) is 3.35. The summed E-state index contributed by atoms with van der Waals surface area (Å²) in [6.45, 7) is 18.0. The van der Waals surface area contributed by atoms with E-state index in [4.69, 9.17) is 23.7 Å². The van der Waals surface area contributed by atoms with Crippen molar-refractivity contribution in [3.8, 4) is 0 Å². The van der Waals surface area contributed by atoms with Gasteiger partial charge in [0.25, 0.3) is 0 Å². The Labute approximate surface area is 362 Å². The summed E-state index contributed by atoms with van der Waals surface area (Å²) in [5.41, 5.74) is 4.64. The quantitative estimate of drug-likeness (QED) is 0.315. The molecule has 8 heterocycles. The highest BCUT2D eigenvalue weighted by molar-refractivity contribution is 5.69. The van der Waals surface area contributed by atoms with Crippen LogP contribution in [0, 0.1) is 11.6 Å². The SMILES string of the molecule is CC(C)(C)OC(=O)N1CC2(C[C@H](N3CCC(c4cc(F)ccc4C4CCOCC4)CC3)CO2)C1.Fc1ccc(C2CCOCC2)c(C2CCN([C@@H]3COC4(CNC4)C3)CC2)c1. The molecule has 8 aliphatic rings. The molecular weight excluding hydrogens is 779 g/mol. The van der Waals surface area contributed by atoms with Gasteiger partial charge < -0.3 is 33.9 Å². The molecule has 61 heavy (non-hydrogen) atoms. The molecule has 0 saturated carbocycles. The van der Waals surface area contributed by atoms with Crippen molar-refractivity contribution in [1.29, 1.82) is 0 Å². The third-order valence-corrected chi connectivity index (χ3v) is 15.3. The van der Waals surface area contributed by atoms with Gasteiger partial charge in [0.05, 0.1) is 31.9 Å². The van der Waals surface area contributed by atoms with E-state index in [0.29, 0.717) is 48.8 Å². The van der Waals surface area contributed by atoms with Gasteiger partial charge in [0.1, 0.15) is 22.8 Å². The Balaban J connectivity index is 0.000000160. The Bertz CT molecular complexity index is 1800. The van der Waals surface area contributed by atoms with Gasteiger partial charge in [0.2, 0.25) is 0 Å². The fraction of sp³-hybridized carbons (Fsp3) is 0.735. The fourth-order valence-corrected chi connectivity index (χ4v) is 11.8. The summed E-state index contributed by atoms with van der Waals surface area (Å²) in [6.07, 6.45) is 10.4. The van der Waals surface area contributed by atoms with Crippen LogP contribution in [0.4, 0.5) is 13.6 Å². The minimum atomic E-state index is -0.477. The third-order valence-electron chi connectivity index (χ3n) is 15.3. The van der Waals surface area contributed by atoms with E-state index in [1.165, 1.54) is 22.3 Å². The minimum absolute atomic E-state index is 0.0909. The lowest BCUT2D eigenvalue weighted by molar-refractivity contribution is -0.109. The standard InChI is InChI=1S/C27H39FN2O4.C22H31FN2O2/c1-26(2,3)34-25(31)30-17-27(18-30)15-22(16-33-27)29-10-6-19(7-11-29)24-14-21(28)4-5-23(24)20-8-12-32-13-9-20;23-18-1-2-20(17-5-9-26-10-6-17)21(11-18)16-3-7-25(8-4-16)19-12-22(27-13-19)14-24-15-22/h4-5,14,19-20,22H,6-13,15-18H2,1-3H3;1-2,11,16-17,19,24H,3-10,12-15H2/t22-;19-/m00/s1. The molecule has 2 aromatic carbocycles. The Hall–Kier alpha value is -2.71. The van der Waals surface area contributed by atoms with Crippen LogP contribution in [0.15, 0.2) is 36.4 Å². The molecule has 0 bridgehead atoms. The number of likely N-dealkylation sites (tertiary alicyclic amines) is 3. The highest BCUT2D eigenvalue weighted by Gasteiger charge is 2.53. The van der Waals surface area contributed by atoms with Gasteiger partial charge in [-0.1, -0.05) is 12.1 Å². The maximum absolute atomic E-state index is 14.2. The predicted octanol–water partition coefficient (Wildman–Crippen LogP) is 7.71. The van der Waals surface area contributed by atoms with Crippen molar-refractivity contribution >= 4 is 6.09 Å². The van der Waals surface area contributed by atoms with E-state index in [1.807, 2.05) is 39.0 Å². The van der Waals surface area contributed by atoms with E-state index in [9.17, 15) is 13.6 Å². The van der Waals surface area contributed by atoms with Gasteiger partial charge >= 0.3 is 6.09 Å². The highest BCUT2D eigenvalue weighted by atomic mass is 19.1. The van der Waals surface area contributed by atoms with E-state index in [0.717, 1.165) is 143 Å². The first-order chi connectivity index (χ1) is 29.4. The van der Waals surface area contributed by atoms with Crippen LogP contribution in [-0.2, 0) is 23.7 Å². The van der Waals surface area contributed by atoms with Gasteiger partial charge in [-0.15, -0.1) is 0 Å². The number of benzene rings is 2. The Kier molecular flexibility index (Phi) is 13.1. The number of halogens is 2. The lowest BCUT2D eigenvalue weighted by Crippen LogP contribution is -2.64. The molecule has 0 aromatic heterocycles. The van der Waals surface area contributed by atoms with Crippen LogP contribution in [-0.4, -0.2) is 142 Å². The largest absolute Gasteiger partial charge is 0.444 e. The molecule has 8 fully saturated rings. The van der Waals surface area contributed by atoms with E-state index >= 15 is 0 Å². The number of carbonyl (C=O) groups is 1. The molecule has 10 rings (SSSR count). The van der Waals surface area contributed by atoms with E-state index in [2.05, 4.69) is 15.1 Å². The molecule has 1 N–H and O–H groups in total. The maximum Gasteiger partial charge on any atom is 0.410 e. The number of piperidine rings is 2. The van der Waals surface area contributed by atoms with Crippen LogP contribution in [0.3, 0.4) is 0 Å². The fourth-order valence-electron chi connectivity index (χ4n) is 11.8. The van der Waals surface area contributed by atoms with Crippen LogP contribution < -0.4 is 5.32 Å². The number of ether oxygens (including phenoxy) is 5. The summed E-state index contributed by atoms with van der Waals surface area (Å²) >= 11 is 0. The van der Waals surface area contributed by atoms with Crippen LogP contribution in [0.25, 0.3) is 0 Å². The summed E-state index contributed by atoms with van der Waals surface area (Å²) < 4.78 is 57.2. The van der Waals surface area contributed by atoms with E-state index in [-0.39, 0.29) is 28.9 Å². The molecule has 336 valence electrons. The van der Waals surface area contributed by atoms with Gasteiger partial charge in [-0.2, -0.15) is 0 Å². The van der Waals surface area contributed by atoms with E-state index in [1.54, 1.807) is 23.1 Å². The second-order valence-electron chi connectivity index (χ2n) is 20.6. The zero-order valence-corrected chi connectivity index (χ0v) is 36.9. The molecule has 2 spiro atoms. The Morgan fingerprint density at radius 1 is 0.639 bits per heavy atom. The van der Waals surface area contributed by atoms with Gasteiger partial charge in [-0.05, 0) is 181 Å². The Morgan fingerprint density at radius 3 is 1.48 bits per heavy atom. The average Bonchev–Trinajstić information content (AvgIpc) is 3.91. The van der Waals surface area contributed by atoms with Gasteiger partial charge in [0.15, 0.2) is 0 Å². The predicted molar refractivity (Wildman–Crippen MR) is 230 cm³/mol. The number of carbonyl (C=O) groups excluding carboxylic acids is 1. The van der Waals surface area contributed by atoms with Gasteiger partial charge in [-0.3, -0.25) is 9.80 Å². The van der Waals surface area contributed by atoms with Crippen molar-refractivity contribution in [2.24, 2.45) is 0 Å². The molecule has 0 aliphatic carbocycles. The third kappa shape index (κ3) is 10.0. The molecule has 8 saturated heterocycles. The first kappa shape index (κ1) is 43.5. The van der Waals surface area contributed by atoms with Gasteiger partial charge in [-0.25, -0.2) is 13.6 Å². The van der Waals surface area contributed by atoms with Crippen molar-refractivity contribution < 1.29 is 37.3 Å². The van der Waals surface area contributed by atoms with Crippen molar-refractivity contribution in [2.75, 3.05) is 92.0 Å². The molecule has 8 aliphatic heterocycles. The van der Waals surface area contributed by atoms with Crippen molar-refractivity contribution in [1.82, 2.24) is 20.0 Å². The molecule has 12 heteroatoms. The smallest absolute Gasteiger partial charge is 0.410 e. The number of nitrogens with zero attached hydrogens (tertiary/aromatic N) is 3. The first-order valence-corrected chi connectivity index (χ1v) is 23.6. The summed E-state index contributed by atoms with van der Waals surface area (Å²) in [4.78, 5) is 19.2. The first-order valence-electron chi connectivity index (χ1n) is 23.6. The lowest BCUT2D eigenvalue weighted by atomic mass is 9.80. The molecule has 0 radical (unpaired) electrons. The average molecular weight is 849 g/mol. The van der Waals surface area contributed by atoms with Crippen LogP contribution >= 0.6 is 0 Å². The topological polar surface area (TPSA) is 85.0 Å². The van der Waals surface area contributed by atoms with Crippen LogP contribution in [0.5, 0.6) is 0 Å². The second kappa shape index (κ2) is 18.4. The molecule has 1 amide bonds. The minimum Gasteiger partial charge on any atom is -0.444 e. The van der Waals surface area contributed by atoms with Crippen molar-refractivity contribution in [2.45, 2.75) is 138 Å². The molecule has 2 atom stereocenters. The molecule has 10 nitrogen and oxygen atoms in total. The molecular formula is C49H70F2N4O6. The number of amides is 1. The zero-order chi connectivity index (χ0) is 42.2. The zero-order valence-electron chi connectivity index (χ0n) is 36.9. The van der Waals surface area contributed by atoms with E-state index < -0.39 is 5.60 Å². The van der Waals surface area contributed by atoms with Crippen molar-refractivity contribution in [3.63, 3.8) is 0 Å². The summed E-state index contributed by atoms with van der Waals surface area (Å²) in [7, 11) is 0. The number of nitrogens with one attached hydrogen (secondary N) is 1. The Morgan fingerprint density at radius 2 is 1.07 bits per heavy atom. The highest BCUT2D eigenvalue weighted by Crippen LogP contribution is 2.43. The van der Waals surface area contributed by atoms with Crippen LogP contribution in [0.1, 0.15) is 131 Å². The van der Waals surface area contributed by atoms with Gasteiger partial charge in [0, 0.05) is 51.6 Å². The molecule has 2 aromatic rings. The second-order valence-corrected chi connectivity index (χ2v) is 20.6. The van der Waals surface area contributed by atoms with Crippen molar-refractivity contribution in [3.05, 3.63) is 70.3 Å². The summed E-state index contributed by atoms with van der Waals surface area (Å²) in [6, 6.07) is 11.9. The normalized spacial score (nSPS) is 28.0. The number of rotatable bonds is 6. The molecule has 0 unspecified atom stereocenters. The number of hydrogen-bond acceptors (Lipinski definition) is 9. The monoisotopic (exact) mass is 849 g/mol. The maximum atomic E-state index is 14.2. The van der Waals surface area contributed by atoms with Crippen LogP contribution in [0.2, 0.25) is 0 Å².